The lowest BCUT2D eigenvalue weighted by Crippen LogP contribution is -2.41. The van der Waals surface area contributed by atoms with Crippen molar-refractivity contribution < 1.29 is 13.9 Å². The van der Waals surface area contributed by atoms with E-state index in [-0.39, 0.29) is 18.2 Å². The van der Waals surface area contributed by atoms with E-state index >= 15 is 0 Å². The van der Waals surface area contributed by atoms with E-state index in [0.717, 1.165) is 42.1 Å². The number of hydrogen-bond donors (Lipinski definition) is 2. The van der Waals surface area contributed by atoms with E-state index < -0.39 is 5.83 Å². The topological polar surface area (TPSA) is 50.4 Å². The molecule has 1 aliphatic carbocycles. The number of benzene rings is 2. The molecule has 4 nitrogen and oxygen atoms in total. The predicted octanol–water partition coefficient (Wildman–Crippen LogP) is 5.84. The van der Waals surface area contributed by atoms with E-state index in [9.17, 15) is 9.18 Å². The minimum atomic E-state index is -0.532. The van der Waals surface area contributed by atoms with Crippen molar-refractivity contribution >= 4 is 22.5 Å². The van der Waals surface area contributed by atoms with Gasteiger partial charge < -0.3 is 15.4 Å². The van der Waals surface area contributed by atoms with E-state index in [1.54, 1.807) is 0 Å². The van der Waals surface area contributed by atoms with Gasteiger partial charge in [0.15, 0.2) is 0 Å². The number of carbonyl (C=O) groups excluding carboxylic acids is 1. The second kappa shape index (κ2) is 9.22. The van der Waals surface area contributed by atoms with Gasteiger partial charge in [0.2, 0.25) is 0 Å². The fraction of sp³-hybridized carbons (Fsp3) is 0.261. The molecule has 2 amide bonds. The van der Waals surface area contributed by atoms with Crippen molar-refractivity contribution in [3.63, 3.8) is 0 Å². The van der Waals surface area contributed by atoms with Crippen molar-refractivity contribution in [3.8, 4) is 0 Å². The number of urea groups is 1. The normalized spacial score (nSPS) is 19.3. The van der Waals surface area contributed by atoms with Crippen LogP contribution in [-0.4, -0.2) is 18.2 Å². The molecule has 1 fully saturated rings. The number of rotatable bonds is 6. The first-order valence-corrected chi connectivity index (χ1v) is 9.44. The third-order valence-electron chi connectivity index (χ3n) is 4.78. The number of nitrogens with one attached hydrogen (secondary N) is 2. The molecule has 0 radical (unpaired) electrons. The highest BCUT2D eigenvalue weighted by molar-refractivity contribution is 5.93. The van der Waals surface area contributed by atoms with Crippen LogP contribution in [0.4, 0.5) is 14.9 Å². The van der Waals surface area contributed by atoms with Gasteiger partial charge in [-0.3, -0.25) is 0 Å². The average molecular weight is 380 g/mol. The van der Waals surface area contributed by atoms with E-state index in [1.807, 2.05) is 42.5 Å². The SMILES string of the molecule is C=C(F)/C=C\C(=C)OC1CCC(NC(=O)Nc2ccc3ccccc3c2)CC1. The predicted molar refractivity (Wildman–Crippen MR) is 112 cm³/mol. The highest BCUT2D eigenvalue weighted by Crippen LogP contribution is 2.24. The number of carbonyl (C=O) groups is 1. The maximum absolute atomic E-state index is 12.6. The second-order valence-corrected chi connectivity index (χ2v) is 7.00. The standard InChI is InChI=1S/C23H25FN2O2/c1-16(24)7-8-17(2)28-22-13-11-20(12-14-22)25-23(27)26-21-10-9-18-5-3-4-6-19(18)15-21/h3-10,15,20,22H,1-2,11-14H2,(H2,25,26,27)/b8-7-. The number of amides is 2. The van der Waals surface area contributed by atoms with E-state index in [2.05, 4.69) is 23.8 Å². The van der Waals surface area contributed by atoms with Gasteiger partial charge in [-0.05, 0) is 60.7 Å². The van der Waals surface area contributed by atoms with Crippen LogP contribution in [0.1, 0.15) is 25.7 Å². The van der Waals surface area contributed by atoms with Gasteiger partial charge in [0, 0.05) is 11.7 Å². The maximum atomic E-state index is 12.6. The summed E-state index contributed by atoms with van der Waals surface area (Å²) < 4.78 is 18.3. The largest absolute Gasteiger partial charge is 0.491 e. The minimum Gasteiger partial charge on any atom is -0.491 e. The summed E-state index contributed by atoms with van der Waals surface area (Å²) in [5.74, 6) is -0.112. The molecule has 0 aliphatic heterocycles. The third kappa shape index (κ3) is 5.71. The Hall–Kier alpha value is -3.08. The fourth-order valence-corrected chi connectivity index (χ4v) is 3.38. The van der Waals surface area contributed by atoms with Crippen LogP contribution in [0.5, 0.6) is 0 Å². The lowest BCUT2D eigenvalue weighted by Gasteiger charge is -2.29. The second-order valence-electron chi connectivity index (χ2n) is 7.00. The van der Waals surface area contributed by atoms with Gasteiger partial charge in [-0.1, -0.05) is 43.5 Å². The molecule has 2 N–H and O–H groups in total. The van der Waals surface area contributed by atoms with Gasteiger partial charge in [0.25, 0.3) is 0 Å². The van der Waals surface area contributed by atoms with Gasteiger partial charge in [0.05, 0.1) is 6.10 Å². The van der Waals surface area contributed by atoms with E-state index in [1.165, 1.54) is 12.2 Å². The van der Waals surface area contributed by atoms with Gasteiger partial charge in [-0.2, -0.15) is 0 Å². The zero-order valence-electron chi connectivity index (χ0n) is 15.8. The van der Waals surface area contributed by atoms with Crippen LogP contribution in [0, 0.1) is 0 Å². The van der Waals surface area contributed by atoms with Gasteiger partial charge >= 0.3 is 6.03 Å². The molecule has 0 unspecified atom stereocenters. The molecule has 5 heteroatoms. The first-order valence-electron chi connectivity index (χ1n) is 9.44. The molecule has 0 saturated heterocycles. The number of hydrogen-bond acceptors (Lipinski definition) is 2. The van der Waals surface area contributed by atoms with Crippen LogP contribution in [0.25, 0.3) is 10.8 Å². The molecule has 1 saturated carbocycles. The van der Waals surface area contributed by atoms with Crippen LogP contribution in [0.3, 0.4) is 0 Å². The Morgan fingerprint density at radius 2 is 1.75 bits per heavy atom. The minimum absolute atomic E-state index is 0.0339. The van der Waals surface area contributed by atoms with Crippen molar-refractivity contribution in [1.29, 1.82) is 0 Å². The summed E-state index contributed by atoms with van der Waals surface area (Å²) in [7, 11) is 0. The van der Waals surface area contributed by atoms with E-state index in [4.69, 9.17) is 4.74 Å². The molecule has 2 aromatic carbocycles. The number of ether oxygens (including phenoxy) is 1. The molecule has 1 aliphatic rings. The quantitative estimate of drug-likeness (QED) is 0.488. The van der Waals surface area contributed by atoms with Gasteiger partial charge in [0.1, 0.15) is 11.6 Å². The lowest BCUT2D eigenvalue weighted by atomic mass is 9.93. The molecule has 2 aromatic rings. The summed E-state index contributed by atoms with van der Waals surface area (Å²) >= 11 is 0. The molecular formula is C23H25FN2O2. The summed E-state index contributed by atoms with van der Waals surface area (Å²) in [6.45, 7) is 6.92. The lowest BCUT2D eigenvalue weighted by molar-refractivity contribution is 0.0825. The summed E-state index contributed by atoms with van der Waals surface area (Å²) in [4.78, 5) is 12.3. The van der Waals surface area contributed by atoms with Crippen molar-refractivity contribution in [1.82, 2.24) is 5.32 Å². The summed E-state index contributed by atoms with van der Waals surface area (Å²) in [5, 5.41) is 8.15. The molecule has 146 valence electrons. The monoisotopic (exact) mass is 380 g/mol. The Bertz CT molecular complexity index is 898. The summed E-state index contributed by atoms with van der Waals surface area (Å²) in [5.41, 5.74) is 0.769. The molecule has 0 atom stereocenters. The zero-order valence-corrected chi connectivity index (χ0v) is 15.8. The summed E-state index contributed by atoms with van der Waals surface area (Å²) in [6.07, 6.45) is 6.00. The van der Waals surface area contributed by atoms with Crippen LogP contribution in [-0.2, 0) is 4.74 Å². The number of halogens is 1. The fourth-order valence-electron chi connectivity index (χ4n) is 3.38. The smallest absolute Gasteiger partial charge is 0.319 e. The molecular weight excluding hydrogens is 355 g/mol. The van der Waals surface area contributed by atoms with Gasteiger partial charge in [-0.25, -0.2) is 9.18 Å². The molecule has 0 aromatic heterocycles. The van der Waals surface area contributed by atoms with Crippen molar-refractivity contribution in [2.75, 3.05) is 5.32 Å². The first-order chi connectivity index (χ1) is 13.5. The maximum Gasteiger partial charge on any atom is 0.319 e. The zero-order chi connectivity index (χ0) is 19.9. The highest BCUT2D eigenvalue weighted by atomic mass is 19.1. The number of fused-ring (bicyclic) bond motifs is 1. The first kappa shape index (κ1) is 19.7. The molecule has 28 heavy (non-hydrogen) atoms. The van der Waals surface area contributed by atoms with Crippen LogP contribution in [0.15, 0.2) is 79.4 Å². The highest BCUT2D eigenvalue weighted by Gasteiger charge is 2.23. The Morgan fingerprint density at radius 1 is 1.04 bits per heavy atom. The van der Waals surface area contributed by atoms with Crippen molar-refractivity contribution in [2.45, 2.75) is 37.8 Å². The Kier molecular flexibility index (Phi) is 6.48. The number of anilines is 1. The van der Waals surface area contributed by atoms with Crippen LogP contribution >= 0.6 is 0 Å². The molecule has 3 rings (SSSR count). The Labute approximate surface area is 164 Å². The van der Waals surface area contributed by atoms with Gasteiger partial charge in [-0.15, -0.1) is 0 Å². The average Bonchev–Trinajstić information content (AvgIpc) is 2.68. The molecule has 0 heterocycles. The van der Waals surface area contributed by atoms with Crippen molar-refractivity contribution in [3.05, 3.63) is 79.4 Å². The summed E-state index contributed by atoms with van der Waals surface area (Å²) in [6, 6.07) is 13.8. The Balaban J connectivity index is 1.44. The molecule has 0 bridgehead atoms. The van der Waals surface area contributed by atoms with Crippen LogP contribution in [0.2, 0.25) is 0 Å². The van der Waals surface area contributed by atoms with Crippen molar-refractivity contribution in [2.24, 2.45) is 0 Å². The number of allylic oxidation sites excluding steroid dienone is 3. The third-order valence-corrected chi connectivity index (χ3v) is 4.78. The molecule has 0 spiro atoms. The van der Waals surface area contributed by atoms with Crippen LogP contribution < -0.4 is 10.6 Å². The Morgan fingerprint density at radius 3 is 2.46 bits per heavy atom. The van der Waals surface area contributed by atoms with E-state index in [0.29, 0.717) is 5.76 Å².